The maximum absolute atomic E-state index is 13.7. The van der Waals surface area contributed by atoms with E-state index in [0.717, 1.165) is 5.56 Å². The van der Waals surface area contributed by atoms with Crippen molar-refractivity contribution in [2.45, 2.75) is 11.8 Å². The molecule has 2 aromatic carbocycles. The highest BCUT2D eigenvalue weighted by Gasteiger charge is 2.16. The topological polar surface area (TPSA) is 46.2 Å². The summed E-state index contributed by atoms with van der Waals surface area (Å²) in [5.41, 5.74) is 0.863. The van der Waals surface area contributed by atoms with Gasteiger partial charge < -0.3 is 0 Å². The van der Waals surface area contributed by atoms with E-state index in [1.54, 1.807) is 18.2 Å². The Kier molecular flexibility index (Phi) is 3.91. The zero-order chi connectivity index (χ0) is 14.0. The summed E-state index contributed by atoms with van der Waals surface area (Å²) in [5.74, 6) is -0.641. The number of hydrogen-bond acceptors (Lipinski definition) is 2. The molecule has 0 heterocycles. The highest BCUT2D eigenvalue weighted by atomic mass is 79.9. The Bertz CT molecular complexity index is 699. The van der Waals surface area contributed by atoms with Crippen LogP contribution in [-0.4, -0.2) is 8.42 Å². The highest BCUT2D eigenvalue weighted by Crippen LogP contribution is 2.25. The SMILES string of the molecule is Cc1ccc(S(=O)(=O)Nc2cccc(Br)c2F)cc1. The molecular weight excluding hydrogens is 333 g/mol. The van der Waals surface area contributed by atoms with Crippen molar-refractivity contribution in [3.8, 4) is 0 Å². The van der Waals surface area contributed by atoms with Gasteiger partial charge in [-0.2, -0.15) is 0 Å². The first-order chi connectivity index (χ1) is 8.90. The second-order valence-electron chi connectivity index (χ2n) is 4.02. The standard InChI is InChI=1S/C13H11BrFNO2S/c1-9-5-7-10(8-6-9)19(17,18)16-12-4-2-3-11(14)13(12)15/h2-8,16H,1H3. The normalized spacial score (nSPS) is 11.3. The fraction of sp³-hybridized carbons (Fsp3) is 0.0769. The minimum atomic E-state index is -3.78. The third-order valence-electron chi connectivity index (χ3n) is 2.53. The van der Waals surface area contributed by atoms with E-state index in [4.69, 9.17) is 0 Å². The van der Waals surface area contributed by atoms with Crippen LogP contribution in [-0.2, 0) is 10.0 Å². The zero-order valence-corrected chi connectivity index (χ0v) is 12.4. The van der Waals surface area contributed by atoms with Crippen LogP contribution in [0.2, 0.25) is 0 Å². The average molecular weight is 344 g/mol. The summed E-state index contributed by atoms with van der Waals surface area (Å²) in [5, 5.41) is 0. The first-order valence-corrected chi connectivity index (χ1v) is 7.71. The molecule has 1 N–H and O–H groups in total. The molecule has 0 atom stereocenters. The van der Waals surface area contributed by atoms with Gasteiger partial charge in [0.1, 0.15) is 0 Å². The van der Waals surface area contributed by atoms with Gasteiger partial charge in [0.15, 0.2) is 5.82 Å². The number of anilines is 1. The van der Waals surface area contributed by atoms with E-state index >= 15 is 0 Å². The molecule has 100 valence electrons. The van der Waals surface area contributed by atoms with Crippen LogP contribution in [0.15, 0.2) is 51.8 Å². The number of hydrogen-bond donors (Lipinski definition) is 1. The highest BCUT2D eigenvalue weighted by molar-refractivity contribution is 9.10. The number of aryl methyl sites for hydroxylation is 1. The summed E-state index contributed by atoms with van der Waals surface area (Å²) in [6.07, 6.45) is 0. The van der Waals surface area contributed by atoms with E-state index in [-0.39, 0.29) is 15.1 Å². The Morgan fingerprint density at radius 2 is 1.74 bits per heavy atom. The molecule has 0 aromatic heterocycles. The van der Waals surface area contributed by atoms with E-state index in [1.807, 2.05) is 6.92 Å². The lowest BCUT2D eigenvalue weighted by molar-refractivity contribution is 0.598. The van der Waals surface area contributed by atoms with Crippen molar-refractivity contribution in [1.29, 1.82) is 0 Å². The van der Waals surface area contributed by atoms with Gasteiger partial charge in [-0.15, -0.1) is 0 Å². The molecule has 0 aliphatic rings. The van der Waals surface area contributed by atoms with Crippen LogP contribution < -0.4 is 4.72 Å². The molecule has 0 unspecified atom stereocenters. The molecule has 0 bridgehead atoms. The Balaban J connectivity index is 2.36. The number of halogens is 2. The van der Waals surface area contributed by atoms with Crippen LogP contribution >= 0.6 is 15.9 Å². The van der Waals surface area contributed by atoms with Crippen LogP contribution in [0.5, 0.6) is 0 Å². The van der Waals surface area contributed by atoms with E-state index in [1.165, 1.54) is 24.3 Å². The molecular formula is C13H11BrFNO2S. The molecule has 0 amide bonds. The molecule has 0 spiro atoms. The van der Waals surface area contributed by atoms with Crippen molar-refractivity contribution in [2.24, 2.45) is 0 Å². The first-order valence-electron chi connectivity index (χ1n) is 5.43. The second kappa shape index (κ2) is 5.30. The molecule has 0 saturated carbocycles. The molecule has 2 rings (SSSR count). The summed E-state index contributed by atoms with van der Waals surface area (Å²) in [7, 11) is -3.78. The number of benzene rings is 2. The maximum Gasteiger partial charge on any atom is 0.261 e. The van der Waals surface area contributed by atoms with Gasteiger partial charge in [-0.05, 0) is 47.1 Å². The summed E-state index contributed by atoms with van der Waals surface area (Å²) < 4.78 is 40.3. The fourth-order valence-electron chi connectivity index (χ4n) is 1.50. The molecule has 3 nitrogen and oxygen atoms in total. The molecule has 0 saturated heterocycles. The van der Waals surface area contributed by atoms with Crippen molar-refractivity contribution < 1.29 is 12.8 Å². The van der Waals surface area contributed by atoms with Crippen molar-refractivity contribution in [3.05, 3.63) is 58.3 Å². The lowest BCUT2D eigenvalue weighted by atomic mass is 10.2. The fourth-order valence-corrected chi connectivity index (χ4v) is 2.93. The average Bonchev–Trinajstić information content (AvgIpc) is 2.35. The number of nitrogens with one attached hydrogen (secondary N) is 1. The molecule has 6 heteroatoms. The summed E-state index contributed by atoms with van der Waals surface area (Å²) in [4.78, 5) is 0.0949. The Morgan fingerprint density at radius 3 is 2.37 bits per heavy atom. The Labute approximate surface area is 119 Å². The Morgan fingerprint density at radius 1 is 1.11 bits per heavy atom. The van der Waals surface area contributed by atoms with Gasteiger partial charge in [-0.3, -0.25) is 4.72 Å². The summed E-state index contributed by atoms with van der Waals surface area (Å²) in [6.45, 7) is 1.86. The van der Waals surface area contributed by atoms with E-state index in [9.17, 15) is 12.8 Å². The van der Waals surface area contributed by atoms with Crippen molar-refractivity contribution in [3.63, 3.8) is 0 Å². The lowest BCUT2D eigenvalue weighted by Gasteiger charge is -2.09. The van der Waals surface area contributed by atoms with Crippen LogP contribution in [0.25, 0.3) is 0 Å². The van der Waals surface area contributed by atoms with Gasteiger partial charge >= 0.3 is 0 Å². The lowest BCUT2D eigenvalue weighted by Crippen LogP contribution is -2.14. The van der Waals surface area contributed by atoms with Crippen LogP contribution in [0.1, 0.15) is 5.56 Å². The minimum Gasteiger partial charge on any atom is -0.277 e. The Hall–Kier alpha value is -1.40. The monoisotopic (exact) mass is 343 g/mol. The minimum absolute atomic E-state index is 0.0880. The van der Waals surface area contributed by atoms with Gasteiger partial charge in [-0.1, -0.05) is 23.8 Å². The van der Waals surface area contributed by atoms with E-state index in [0.29, 0.717) is 0 Å². The first kappa shape index (κ1) is 14.0. The third-order valence-corrected chi connectivity index (χ3v) is 4.52. The molecule has 2 aromatic rings. The summed E-state index contributed by atoms with van der Waals surface area (Å²) in [6, 6.07) is 10.8. The predicted octanol–water partition coefficient (Wildman–Crippen LogP) is 3.70. The molecule has 0 aliphatic carbocycles. The van der Waals surface area contributed by atoms with Crippen molar-refractivity contribution in [2.75, 3.05) is 4.72 Å². The largest absolute Gasteiger partial charge is 0.277 e. The van der Waals surface area contributed by atoms with E-state index < -0.39 is 15.8 Å². The predicted molar refractivity (Wildman–Crippen MR) is 76.1 cm³/mol. The third kappa shape index (κ3) is 3.13. The van der Waals surface area contributed by atoms with Gasteiger partial charge in [0, 0.05) is 0 Å². The zero-order valence-electron chi connectivity index (χ0n) is 10.0. The van der Waals surface area contributed by atoms with E-state index in [2.05, 4.69) is 20.7 Å². The number of rotatable bonds is 3. The van der Waals surface area contributed by atoms with Crippen molar-refractivity contribution in [1.82, 2.24) is 0 Å². The molecule has 0 fully saturated rings. The molecule has 0 radical (unpaired) electrons. The number of sulfonamides is 1. The van der Waals surface area contributed by atoms with Gasteiger partial charge in [0.25, 0.3) is 10.0 Å². The van der Waals surface area contributed by atoms with Crippen molar-refractivity contribution >= 4 is 31.6 Å². The summed E-state index contributed by atoms with van der Waals surface area (Å²) >= 11 is 3.01. The molecule has 19 heavy (non-hydrogen) atoms. The van der Waals surface area contributed by atoms with Gasteiger partial charge in [0.05, 0.1) is 15.1 Å². The molecule has 0 aliphatic heterocycles. The smallest absolute Gasteiger partial charge is 0.261 e. The van der Waals surface area contributed by atoms with Crippen LogP contribution in [0.4, 0.5) is 10.1 Å². The maximum atomic E-state index is 13.7. The van der Waals surface area contributed by atoms with Gasteiger partial charge in [-0.25, -0.2) is 12.8 Å². The van der Waals surface area contributed by atoms with Gasteiger partial charge in [0.2, 0.25) is 0 Å². The van der Waals surface area contributed by atoms with Crippen LogP contribution in [0, 0.1) is 12.7 Å². The second-order valence-corrected chi connectivity index (χ2v) is 6.56. The quantitative estimate of drug-likeness (QED) is 0.923. The van der Waals surface area contributed by atoms with Crippen LogP contribution in [0.3, 0.4) is 0 Å².